The zero-order chi connectivity index (χ0) is 49.0. The number of rotatable bonds is 4. The summed E-state index contributed by atoms with van der Waals surface area (Å²) < 4.78 is 8.59. The van der Waals surface area contributed by atoms with Crippen LogP contribution in [-0.4, -0.2) is 60.4 Å². The summed E-state index contributed by atoms with van der Waals surface area (Å²) >= 11 is 0. The van der Waals surface area contributed by atoms with E-state index in [-0.39, 0.29) is 17.9 Å². The Hall–Kier alpha value is -8.40. The van der Waals surface area contributed by atoms with Gasteiger partial charge in [-0.1, -0.05) is 0 Å². The van der Waals surface area contributed by atoms with Crippen LogP contribution in [0.3, 0.4) is 0 Å². The van der Waals surface area contributed by atoms with Gasteiger partial charge in [0.1, 0.15) is 5.82 Å². The third-order valence-corrected chi connectivity index (χ3v) is 14.3. The summed E-state index contributed by atoms with van der Waals surface area (Å²) in [5.74, 6) is 1.40. The Bertz CT molecular complexity index is 3840. The van der Waals surface area contributed by atoms with Crippen molar-refractivity contribution < 1.29 is 9.59 Å². The lowest BCUT2D eigenvalue weighted by Crippen LogP contribution is -2.15. The van der Waals surface area contributed by atoms with Gasteiger partial charge in [-0.25, -0.2) is 19.9 Å². The molecule has 16 heteroatoms. The van der Waals surface area contributed by atoms with E-state index in [1.165, 1.54) is 44.0 Å². The molecule has 0 saturated carbocycles. The summed E-state index contributed by atoms with van der Waals surface area (Å²) in [6.07, 6.45) is 14.5. The number of nitrogen functional groups attached to an aromatic ring is 1. The van der Waals surface area contributed by atoms with Crippen LogP contribution in [0.5, 0.6) is 0 Å². The molecule has 10 aromatic rings. The molecule has 0 fully saturated rings. The van der Waals surface area contributed by atoms with Crippen molar-refractivity contribution in [2.24, 2.45) is 14.1 Å². The van der Waals surface area contributed by atoms with E-state index in [1.807, 2.05) is 36.4 Å². The molecule has 4 aliphatic rings. The number of anilines is 3. The van der Waals surface area contributed by atoms with Gasteiger partial charge < -0.3 is 30.8 Å². The van der Waals surface area contributed by atoms with Crippen molar-refractivity contribution in [3.05, 3.63) is 136 Å². The van der Waals surface area contributed by atoms with Crippen LogP contribution in [0.15, 0.2) is 85.7 Å². The van der Waals surface area contributed by atoms with E-state index >= 15 is 0 Å². The standard InChI is InChI=1S/C27H25N7O.C23H23N5O.C5H6N2/c1-14(2)34-21-8-5-15(31-27-28-9-4-10-29-27)11-17(21)23-18-12-30-26(35)24(18)22-16(25(23)34)6-7-20-19(22)13-33(3)32-20;1-11(2)28-18-7-4-12(24)8-14(18)20-15-9-25-23(29)21(15)19-13(22(20)28)5-6-17-16(19)10-27(3)26-17;1-5-6-3-2-4-7-5/h4-5,8-11,13-14H,6-7,12H2,1-3H3,(H,30,35)(H,28,29,31);4,7-8,10-11H,5-6,9,24H2,1-3H3,(H,25,29);2-4H,1H3. The number of carbonyl (C=O) groups is 2. The second kappa shape index (κ2) is 16.6. The van der Waals surface area contributed by atoms with E-state index in [4.69, 9.17) is 10.8 Å². The van der Waals surface area contributed by atoms with Crippen molar-refractivity contribution in [1.29, 1.82) is 0 Å². The van der Waals surface area contributed by atoms with E-state index in [9.17, 15) is 9.59 Å². The van der Waals surface area contributed by atoms with Gasteiger partial charge in [-0.3, -0.25) is 19.0 Å². The van der Waals surface area contributed by atoms with Gasteiger partial charge in [0, 0.05) is 143 Å². The highest BCUT2D eigenvalue weighted by Gasteiger charge is 2.37. The number of nitrogens with two attached hydrogens (primary N) is 1. The number of aromatic nitrogens is 10. The van der Waals surface area contributed by atoms with Gasteiger partial charge >= 0.3 is 0 Å². The molecule has 8 heterocycles. The van der Waals surface area contributed by atoms with Crippen molar-refractivity contribution in [2.45, 2.75) is 85.5 Å². The molecular weight excluding hydrogens is 889 g/mol. The lowest BCUT2D eigenvalue weighted by Gasteiger charge is -2.22. The minimum Gasteiger partial charge on any atom is -0.399 e. The number of benzene rings is 4. The molecule has 14 rings (SSSR count). The highest BCUT2D eigenvalue weighted by Crippen LogP contribution is 2.50. The van der Waals surface area contributed by atoms with Gasteiger partial charge in [0.25, 0.3) is 11.8 Å². The van der Waals surface area contributed by atoms with E-state index in [0.29, 0.717) is 25.1 Å². The van der Waals surface area contributed by atoms with Gasteiger partial charge in [0.2, 0.25) is 5.95 Å². The monoisotopic (exact) mass is 942 g/mol. The van der Waals surface area contributed by atoms with Crippen LogP contribution < -0.4 is 21.7 Å². The van der Waals surface area contributed by atoms with Gasteiger partial charge in [-0.15, -0.1) is 0 Å². The van der Waals surface area contributed by atoms with E-state index in [2.05, 4.69) is 121 Å². The topological polar surface area (TPSA) is 193 Å². The molecule has 0 bridgehead atoms. The summed E-state index contributed by atoms with van der Waals surface area (Å²) in [5.41, 5.74) is 25.5. The Morgan fingerprint density at radius 3 is 1.56 bits per heavy atom. The SMILES string of the molecule is CC(C)n1c2ccc(N)cc2c2c3c(c4c(c21)CCc1nn(C)cc1-4)C(=O)NC3.CC(C)n1c2ccc(Nc3ncccn3)cc2c2c3c(c4c(c21)CCc1nn(C)cc1-4)C(=O)NC3.Cc1ncccn1. The van der Waals surface area contributed by atoms with Crippen LogP contribution in [0.2, 0.25) is 0 Å². The maximum atomic E-state index is 13.2. The van der Waals surface area contributed by atoms with Gasteiger partial charge in [-0.2, -0.15) is 10.2 Å². The molecule has 16 nitrogen and oxygen atoms in total. The smallest absolute Gasteiger partial charge is 0.252 e. The first kappa shape index (κ1) is 43.9. The second-order valence-corrected chi connectivity index (χ2v) is 19.5. The molecule has 2 aliphatic heterocycles. The molecule has 0 radical (unpaired) electrons. The summed E-state index contributed by atoms with van der Waals surface area (Å²) in [6.45, 7) is 11.8. The predicted molar refractivity (Wildman–Crippen MR) is 278 cm³/mol. The van der Waals surface area contributed by atoms with Crippen LogP contribution in [0.25, 0.3) is 65.9 Å². The summed E-state index contributed by atoms with van der Waals surface area (Å²) in [4.78, 5) is 42.5. The molecule has 0 saturated heterocycles. The minimum absolute atomic E-state index is 0.00673. The molecule has 4 aromatic carbocycles. The first-order valence-corrected chi connectivity index (χ1v) is 24.3. The number of aryl methyl sites for hydroxylation is 7. The Labute approximate surface area is 409 Å². The Balaban J connectivity index is 0.000000130. The number of amides is 2. The Kier molecular flexibility index (Phi) is 10.3. The Morgan fingerprint density at radius 1 is 0.606 bits per heavy atom. The molecule has 71 heavy (non-hydrogen) atoms. The number of hydrogen-bond acceptors (Lipinski definition) is 10. The van der Waals surface area contributed by atoms with Crippen LogP contribution in [0.1, 0.15) is 100.0 Å². The zero-order valence-corrected chi connectivity index (χ0v) is 40.8. The van der Waals surface area contributed by atoms with Crippen molar-refractivity contribution >= 4 is 72.7 Å². The lowest BCUT2D eigenvalue weighted by atomic mass is 9.82. The normalized spacial score (nSPS) is 14.1. The van der Waals surface area contributed by atoms with Crippen LogP contribution in [-0.2, 0) is 52.9 Å². The van der Waals surface area contributed by atoms with Crippen molar-refractivity contribution in [3.8, 4) is 22.3 Å². The van der Waals surface area contributed by atoms with E-state index < -0.39 is 0 Å². The third-order valence-electron chi connectivity index (χ3n) is 14.3. The number of carbonyl (C=O) groups excluding carboxylic acids is 2. The third kappa shape index (κ3) is 6.94. The maximum Gasteiger partial charge on any atom is 0.252 e. The fourth-order valence-electron chi connectivity index (χ4n) is 11.8. The second-order valence-electron chi connectivity index (χ2n) is 19.5. The lowest BCUT2D eigenvalue weighted by molar-refractivity contribution is 0.0958. The zero-order valence-electron chi connectivity index (χ0n) is 40.8. The largest absolute Gasteiger partial charge is 0.399 e. The number of fused-ring (bicyclic) bond motifs is 20. The highest BCUT2D eigenvalue weighted by molar-refractivity contribution is 6.21. The number of nitrogens with zero attached hydrogens (tertiary/aromatic N) is 10. The van der Waals surface area contributed by atoms with Crippen LogP contribution in [0.4, 0.5) is 17.3 Å². The first-order valence-electron chi connectivity index (χ1n) is 24.3. The molecule has 5 N–H and O–H groups in total. The maximum absolute atomic E-state index is 13.2. The van der Waals surface area contributed by atoms with E-state index in [0.717, 1.165) is 110 Å². The van der Waals surface area contributed by atoms with Gasteiger partial charge in [0.05, 0.1) is 33.5 Å². The Morgan fingerprint density at radius 2 is 1.08 bits per heavy atom. The number of nitrogens with one attached hydrogen (secondary N) is 3. The van der Waals surface area contributed by atoms with Crippen molar-refractivity contribution in [3.63, 3.8) is 0 Å². The molecule has 6 aromatic heterocycles. The average Bonchev–Trinajstić information content (AvgIpc) is 4.22. The molecule has 356 valence electrons. The van der Waals surface area contributed by atoms with E-state index in [1.54, 1.807) is 36.9 Å². The van der Waals surface area contributed by atoms with Crippen molar-refractivity contribution in [1.82, 2.24) is 59.3 Å². The fraction of sp³-hybridized carbons (Fsp3) is 0.273. The predicted octanol–water partition coefficient (Wildman–Crippen LogP) is 9.14. The molecule has 2 aliphatic carbocycles. The summed E-state index contributed by atoms with van der Waals surface area (Å²) in [5, 5.41) is 23.5. The summed E-state index contributed by atoms with van der Waals surface area (Å²) in [6, 6.07) is 16.7. The number of hydrogen-bond donors (Lipinski definition) is 4. The molecule has 0 atom stereocenters. The van der Waals surface area contributed by atoms with Crippen molar-refractivity contribution in [2.75, 3.05) is 11.1 Å². The quantitative estimate of drug-likeness (QED) is 0.124. The molecule has 2 amide bonds. The first-order chi connectivity index (χ1) is 34.4. The fourth-order valence-corrected chi connectivity index (χ4v) is 11.8. The van der Waals surface area contributed by atoms with Gasteiger partial charge in [-0.05, 0) is 131 Å². The average molecular weight is 943 g/mol. The minimum atomic E-state index is 0.00673. The summed E-state index contributed by atoms with van der Waals surface area (Å²) in [7, 11) is 3.90. The molecular formula is C55H54N14O2. The van der Waals surface area contributed by atoms with Crippen LogP contribution in [0, 0.1) is 6.92 Å². The molecule has 0 spiro atoms. The van der Waals surface area contributed by atoms with Gasteiger partial charge in [0.15, 0.2) is 0 Å². The molecule has 0 unspecified atom stereocenters. The highest BCUT2D eigenvalue weighted by atomic mass is 16.2. The van der Waals surface area contributed by atoms with Crippen LogP contribution >= 0.6 is 0 Å².